The normalized spacial score (nSPS) is 10.9. The van der Waals surface area contributed by atoms with Crippen molar-refractivity contribution in [1.82, 2.24) is 5.32 Å². The lowest BCUT2D eigenvalue weighted by atomic mass is 10.2. The van der Waals surface area contributed by atoms with Crippen molar-refractivity contribution in [1.29, 1.82) is 0 Å². The summed E-state index contributed by atoms with van der Waals surface area (Å²) in [6.45, 7) is 8.12. The molecule has 0 spiro atoms. The molecule has 14 heavy (non-hydrogen) atoms. The molecule has 0 aromatic carbocycles. The van der Waals surface area contributed by atoms with Gasteiger partial charge in [0.05, 0.1) is 0 Å². The first-order valence-corrected chi connectivity index (χ1v) is 5.88. The largest absolute Gasteiger partial charge is 0.313 e. The Morgan fingerprint density at radius 2 is 1.93 bits per heavy atom. The number of unbranched alkanes of at least 4 members (excludes halogenated alkanes) is 4. The zero-order valence-corrected chi connectivity index (χ0v) is 9.60. The number of hydrogen-bond acceptors (Lipinski definition) is 1. The molecule has 0 fully saturated rings. The van der Waals surface area contributed by atoms with Gasteiger partial charge in [0.1, 0.15) is 0 Å². The van der Waals surface area contributed by atoms with Gasteiger partial charge >= 0.3 is 0 Å². The van der Waals surface area contributed by atoms with Crippen LogP contribution in [0.2, 0.25) is 0 Å². The predicted octanol–water partition coefficient (Wildman–Crippen LogP) is 3.68. The summed E-state index contributed by atoms with van der Waals surface area (Å²) >= 11 is 0. The molecule has 0 amide bonds. The van der Waals surface area contributed by atoms with Gasteiger partial charge in [0.25, 0.3) is 0 Å². The van der Waals surface area contributed by atoms with E-state index >= 15 is 0 Å². The molecule has 0 rings (SSSR count). The molecular formula is C13H25N. The summed E-state index contributed by atoms with van der Waals surface area (Å²) in [5, 5.41) is 3.40. The van der Waals surface area contributed by atoms with Gasteiger partial charge in [0, 0.05) is 6.54 Å². The lowest BCUT2D eigenvalue weighted by molar-refractivity contribution is 0.646. The van der Waals surface area contributed by atoms with Gasteiger partial charge in [-0.05, 0) is 32.2 Å². The molecule has 1 heteroatoms. The van der Waals surface area contributed by atoms with Gasteiger partial charge in [-0.1, -0.05) is 38.0 Å². The molecule has 0 aromatic heterocycles. The SMILES string of the molecule is C=CCCC/C=C/CNCCCCC. The molecule has 0 bridgehead atoms. The van der Waals surface area contributed by atoms with Crippen LogP contribution in [-0.4, -0.2) is 13.1 Å². The van der Waals surface area contributed by atoms with E-state index in [1.54, 1.807) is 0 Å². The number of hydrogen-bond donors (Lipinski definition) is 1. The third-order valence-corrected chi connectivity index (χ3v) is 2.17. The van der Waals surface area contributed by atoms with E-state index < -0.39 is 0 Å². The second-order valence-electron chi connectivity index (χ2n) is 3.60. The summed E-state index contributed by atoms with van der Waals surface area (Å²) in [6, 6.07) is 0. The van der Waals surface area contributed by atoms with E-state index in [0.29, 0.717) is 0 Å². The van der Waals surface area contributed by atoms with E-state index in [1.165, 1.54) is 32.1 Å². The van der Waals surface area contributed by atoms with Crippen molar-refractivity contribution < 1.29 is 0 Å². The van der Waals surface area contributed by atoms with Crippen LogP contribution in [0.3, 0.4) is 0 Å². The Labute approximate surface area is 89.3 Å². The van der Waals surface area contributed by atoms with Crippen LogP contribution in [0.15, 0.2) is 24.8 Å². The smallest absolute Gasteiger partial charge is 0.0134 e. The fraction of sp³-hybridized carbons (Fsp3) is 0.692. The minimum atomic E-state index is 1.03. The maximum absolute atomic E-state index is 3.70. The number of nitrogens with one attached hydrogen (secondary N) is 1. The van der Waals surface area contributed by atoms with Crippen LogP contribution >= 0.6 is 0 Å². The van der Waals surface area contributed by atoms with Gasteiger partial charge in [-0.2, -0.15) is 0 Å². The molecule has 0 aliphatic heterocycles. The highest BCUT2D eigenvalue weighted by molar-refractivity contribution is 4.84. The number of allylic oxidation sites excluding steroid dienone is 2. The Balaban J connectivity index is 2.99. The Hall–Kier alpha value is -0.560. The lowest BCUT2D eigenvalue weighted by Crippen LogP contribution is -2.14. The predicted molar refractivity (Wildman–Crippen MR) is 65.6 cm³/mol. The zero-order chi connectivity index (χ0) is 10.5. The third-order valence-electron chi connectivity index (χ3n) is 2.17. The van der Waals surface area contributed by atoms with Gasteiger partial charge in [0.15, 0.2) is 0 Å². The Bertz CT molecular complexity index is 138. The first-order valence-electron chi connectivity index (χ1n) is 5.88. The topological polar surface area (TPSA) is 12.0 Å². The molecular weight excluding hydrogens is 170 g/mol. The van der Waals surface area contributed by atoms with Gasteiger partial charge in [-0.25, -0.2) is 0 Å². The highest BCUT2D eigenvalue weighted by atomic mass is 14.8. The second kappa shape index (κ2) is 12.4. The molecule has 0 atom stereocenters. The number of rotatable bonds is 10. The molecule has 0 unspecified atom stereocenters. The van der Waals surface area contributed by atoms with Crippen molar-refractivity contribution in [2.24, 2.45) is 0 Å². The maximum atomic E-state index is 3.70. The van der Waals surface area contributed by atoms with Crippen molar-refractivity contribution in [2.45, 2.75) is 45.4 Å². The first kappa shape index (κ1) is 13.4. The Kier molecular flexibility index (Phi) is 11.9. The highest BCUT2D eigenvalue weighted by Crippen LogP contribution is 1.96. The summed E-state index contributed by atoms with van der Waals surface area (Å²) in [4.78, 5) is 0. The summed E-state index contributed by atoms with van der Waals surface area (Å²) < 4.78 is 0. The van der Waals surface area contributed by atoms with E-state index in [0.717, 1.165) is 19.5 Å². The standard InChI is InChI=1S/C13H25N/c1-3-5-7-8-9-11-13-14-12-10-6-4-2/h3,9,11,14H,1,4-8,10,12-13H2,2H3/b11-9+. The van der Waals surface area contributed by atoms with Crippen molar-refractivity contribution in [2.75, 3.05) is 13.1 Å². The van der Waals surface area contributed by atoms with E-state index in [1.807, 2.05) is 6.08 Å². The summed E-state index contributed by atoms with van der Waals surface area (Å²) in [5.41, 5.74) is 0. The van der Waals surface area contributed by atoms with Crippen molar-refractivity contribution in [3.63, 3.8) is 0 Å². The fourth-order valence-corrected chi connectivity index (χ4v) is 1.27. The van der Waals surface area contributed by atoms with E-state index in [4.69, 9.17) is 0 Å². The summed E-state index contributed by atoms with van der Waals surface area (Å²) in [5.74, 6) is 0. The monoisotopic (exact) mass is 195 g/mol. The van der Waals surface area contributed by atoms with Crippen molar-refractivity contribution in [3.8, 4) is 0 Å². The summed E-state index contributed by atoms with van der Waals surface area (Å²) in [6.07, 6.45) is 14.0. The zero-order valence-electron chi connectivity index (χ0n) is 9.60. The second-order valence-corrected chi connectivity index (χ2v) is 3.60. The Morgan fingerprint density at radius 1 is 1.07 bits per heavy atom. The van der Waals surface area contributed by atoms with E-state index in [-0.39, 0.29) is 0 Å². The lowest BCUT2D eigenvalue weighted by Gasteiger charge is -1.99. The van der Waals surface area contributed by atoms with Gasteiger partial charge < -0.3 is 5.32 Å². The molecule has 0 aliphatic rings. The molecule has 0 aliphatic carbocycles. The fourth-order valence-electron chi connectivity index (χ4n) is 1.27. The molecule has 0 heterocycles. The van der Waals surface area contributed by atoms with E-state index in [9.17, 15) is 0 Å². The first-order chi connectivity index (χ1) is 6.91. The maximum Gasteiger partial charge on any atom is 0.0134 e. The van der Waals surface area contributed by atoms with Crippen LogP contribution in [0.25, 0.3) is 0 Å². The summed E-state index contributed by atoms with van der Waals surface area (Å²) in [7, 11) is 0. The quantitative estimate of drug-likeness (QED) is 0.414. The molecule has 0 radical (unpaired) electrons. The van der Waals surface area contributed by atoms with Gasteiger partial charge in [-0.3, -0.25) is 0 Å². The van der Waals surface area contributed by atoms with Crippen molar-refractivity contribution >= 4 is 0 Å². The molecule has 1 nitrogen and oxygen atoms in total. The molecule has 0 saturated heterocycles. The molecule has 0 aromatic rings. The van der Waals surface area contributed by atoms with Crippen LogP contribution < -0.4 is 5.32 Å². The minimum absolute atomic E-state index is 1.03. The van der Waals surface area contributed by atoms with Crippen LogP contribution in [0.4, 0.5) is 0 Å². The average molecular weight is 195 g/mol. The Morgan fingerprint density at radius 3 is 2.64 bits per heavy atom. The van der Waals surface area contributed by atoms with Crippen LogP contribution in [0.1, 0.15) is 45.4 Å². The molecule has 0 saturated carbocycles. The molecule has 82 valence electrons. The van der Waals surface area contributed by atoms with Gasteiger partial charge in [-0.15, -0.1) is 6.58 Å². The van der Waals surface area contributed by atoms with Crippen molar-refractivity contribution in [3.05, 3.63) is 24.8 Å². The van der Waals surface area contributed by atoms with Gasteiger partial charge in [0.2, 0.25) is 0 Å². The average Bonchev–Trinajstić information content (AvgIpc) is 2.21. The van der Waals surface area contributed by atoms with Crippen LogP contribution in [-0.2, 0) is 0 Å². The minimum Gasteiger partial charge on any atom is -0.313 e. The van der Waals surface area contributed by atoms with E-state index in [2.05, 4.69) is 31.0 Å². The third kappa shape index (κ3) is 11.4. The molecule has 1 N–H and O–H groups in total. The van der Waals surface area contributed by atoms with Crippen LogP contribution in [0.5, 0.6) is 0 Å². The highest BCUT2D eigenvalue weighted by Gasteiger charge is 1.84. The van der Waals surface area contributed by atoms with Crippen LogP contribution in [0, 0.1) is 0 Å².